The fraction of sp³-hybridized carbons (Fsp3) is 0.417. The van der Waals surface area contributed by atoms with E-state index in [4.69, 9.17) is 14.5 Å². The number of rotatable bonds is 7. The SMILES string of the molecule is CCOc1ccc(CC(=O)N(C[C@@H]2CCCO2)c2nc3c(C)c(C)ccc3s2)cc1. The molecule has 2 aromatic carbocycles. The molecular weight excluding hydrogens is 396 g/mol. The molecule has 2 heterocycles. The minimum absolute atomic E-state index is 0.0445. The number of hydrogen-bond acceptors (Lipinski definition) is 5. The van der Waals surface area contributed by atoms with Gasteiger partial charge >= 0.3 is 0 Å². The van der Waals surface area contributed by atoms with Gasteiger partial charge < -0.3 is 9.47 Å². The summed E-state index contributed by atoms with van der Waals surface area (Å²) >= 11 is 1.58. The van der Waals surface area contributed by atoms with E-state index in [1.165, 1.54) is 11.1 Å². The Kier molecular flexibility index (Phi) is 6.35. The van der Waals surface area contributed by atoms with Crippen LogP contribution in [0.25, 0.3) is 10.2 Å². The van der Waals surface area contributed by atoms with Crippen molar-refractivity contribution in [1.29, 1.82) is 0 Å². The lowest BCUT2D eigenvalue weighted by molar-refractivity contribution is -0.118. The first-order chi connectivity index (χ1) is 14.5. The quantitative estimate of drug-likeness (QED) is 0.532. The third-order valence-electron chi connectivity index (χ3n) is 5.61. The molecule has 1 aromatic heterocycles. The topological polar surface area (TPSA) is 51.7 Å². The van der Waals surface area contributed by atoms with Gasteiger partial charge in [0, 0.05) is 6.61 Å². The van der Waals surface area contributed by atoms with Gasteiger partial charge in [0.25, 0.3) is 0 Å². The summed E-state index contributed by atoms with van der Waals surface area (Å²) in [6, 6.07) is 12.0. The number of thiazole rings is 1. The van der Waals surface area contributed by atoms with Crippen LogP contribution in [0.3, 0.4) is 0 Å². The first-order valence-electron chi connectivity index (χ1n) is 10.6. The number of aryl methyl sites for hydroxylation is 2. The first kappa shape index (κ1) is 20.8. The van der Waals surface area contributed by atoms with E-state index in [2.05, 4.69) is 26.0 Å². The van der Waals surface area contributed by atoms with E-state index in [0.717, 1.165) is 46.1 Å². The van der Waals surface area contributed by atoms with Gasteiger partial charge in [-0.05, 0) is 68.5 Å². The highest BCUT2D eigenvalue weighted by Crippen LogP contribution is 2.33. The van der Waals surface area contributed by atoms with E-state index in [9.17, 15) is 4.79 Å². The largest absolute Gasteiger partial charge is 0.494 e. The van der Waals surface area contributed by atoms with Gasteiger partial charge in [-0.1, -0.05) is 29.5 Å². The summed E-state index contributed by atoms with van der Waals surface area (Å²) in [5.74, 6) is 0.866. The molecule has 5 nitrogen and oxygen atoms in total. The maximum atomic E-state index is 13.3. The Balaban J connectivity index is 1.60. The van der Waals surface area contributed by atoms with Gasteiger partial charge in [-0.25, -0.2) is 4.98 Å². The van der Waals surface area contributed by atoms with Crippen molar-refractivity contribution in [3.63, 3.8) is 0 Å². The second kappa shape index (κ2) is 9.14. The molecule has 3 aromatic rings. The van der Waals surface area contributed by atoms with E-state index in [1.807, 2.05) is 36.1 Å². The number of carbonyl (C=O) groups excluding carboxylic acids is 1. The molecule has 1 fully saturated rings. The van der Waals surface area contributed by atoms with Crippen LogP contribution >= 0.6 is 11.3 Å². The van der Waals surface area contributed by atoms with Crippen molar-refractivity contribution in [2.45, 2.75) is 46.1 Å². The summed E-state index contributed by atoms with van der Waals surface area (Å²) in [4.78, 5) is 20.0. The lowest BCUT2D eigenvalue weighted by Gasteiger charge is -2.23. The van der Waals surface area contributed by atoms with E-state index >= 15 is 0 Å². The van der Waals surface area contributed by atoms with Crippen LogP contribution in [-0.2, 0) is 16.0 Å². The van der Waals surface area contributed by atoms with Crippen molar-refractivity contribution < 1.29 is 14.3 Å². The molecule has 158 valence electrons. The van der Waals surface area contributed by atoms with E-state index < -0.39 is 0 Å². The monoisotopic (exact) mass is 424 g/mol. The summed E-state index contributed by atoms with van der Waals surface area (Å²) < 4.78 is 12.4. The number of fused-ring (bicyclic) bond motifs is 1. The van der Waals surface area contributed by atoms with E-state index in [1.54, 1.807) is 11.3 Å². The van der Waals surface area contributed by atoms with Crippen LogP contribution in [0.1, 0.15) is 36.5 Å². The second-order valence-electron chi connectivity index (χ2n) is 7.74. The fourth-order valence-corrected chi connectivity index (χ4v) is 4.80. The molecule has 4 rings (SSSR count). The molecule has 0 aliphatic carbocycles. The van der Waals surface area contributed by atoms with Gasteiger partial charge in [0.2, 0.25) is 5.91 Å². The molecule has 0 radical (unpaired) electrons. The minimum Gasteiger partial charge on any atom is -0.494 e. The Morgan fingerprint density at radius 1 is 1.23 bits per heavy atom. The van der Waals surface area contributed by atoms with Crippen LogP contribution in [0.15, 0.2) is 36.4 Å². The molecule has 1 atom stereocenters. The summed E-state index contributed by atoms with van der Waals surface area (Å²) in [5, 5.41) is 0.755. The maximum Gasteiger partial charge on any atom is 0.233 e. The van der Waals surface area contributed by atoms with Gasteiger partial charge in [0.05, 0.1) is 35.9 Å². The van der Waals surface area contributed by atoms with Gasteiger partial charge in [-0.15, -0.1) is 0 Å². The van der Waals surface area contributed by atoms with Gasteiger partial charge in [-0.2, -0.15) is 0 Å². The average molecular weight is 425 g/mol. The van der Waals surface area contributed by atoms with Crippen LogP contribution in [0.4, 0.5) is 5.13 Å². The molecule has 1 saturated heterocycles. The summed E-state index contributed by atoms with van der Waals surface area (Å²) in [6.45, 7) is 8.09. The standard InChI is InChI=1S/C24H28N2O3S/c1-4-28-19-10-8-18(9-11-19)14-22(27)26(15-20-6-5-13-29-20)24-25-23-17(3)16(2)7-12-21(23)30-24/h7-12,20H,4-6,13-15H2,1-3H3/t20-/m0/s1. The van der Waals surface area contributed by atoms with Gasteiger partial charge in [0.15, 0.2) is 5.13 Å². The number of amides is 1. The Bertz CT molecular complexity index is 1020. The summed E-state index contributed by atoms with van der Waals surface area (Å²) in [6.07, 6.45) is 2.43. The van der Waals surface area contributed by atoms with Crippen molar-refractivity contribution in [3.05, 3.63) is 53.1 Å². The number of benzene rings is 2. The lowest BCUT2D eigenvalue weighted by Crippen LogP contribution is -2.38. The third kappa shape index (κ3) is 4.50. The Morgan fingerprint density at radius 3 is 2.73 bits per heavy atom. The number of ether oxygens (including phenoxy) is 2. The molecule has 1 aliphatic rings. The van der Waals surface area contributed by atoms with Crippen molar-refractivity contribution >= 4 is 32.6 Å². The van der Waals surface area contributed by atoms with E-state index in [0.29, 0.717) is 19.6 Å². The fourth-order valence-electron chi connectivity index (χ4n) is 3.75. The normalized spacial score (nSPS) is 16.2. The van der Waals surface area contributed by atoms with Crippen molar-refractivity contribution in [2.75, 3.05) is 24.7 Å². The molecule has 0 unspecified atom stereocenters. The van der Waals surface area contributed by atoms with Crippen LogP contribution in [0.5, 0.6) is 5.75 Å². The van der Waals surface area contributed by atoms with Crippen LogP contribution in [0.2, 0.25) is 0 Å². The molecule has 1 aliphatic heterocycles. The maximum absolute atomic E-state index is 13.3. The van der Waals surface area contributed by atoms with Crippen LogP contribution in [-0.4, -0.2) is 36.8 Å². The minimum atomic E-state index is 0.0445. The number of nitrogens with zero attached hydrogens (tertiary/aromatic N) is 2. The molecule has 0 saturated carbocycles. The zero-order valence-corrected chi connectivity index (χ0v) is 18.6. The highest BCUT2D eigenvalue weighted by atomic mass is 32.1. The van der Waals surface area contributed by atoms with E-state index in [-0.39, 0.29) is 12.0 Å². The molecule has 0 spiro atoms. The Morgan fingerprint density at radius 2 is 2.03 bits per heavy atom. The van der Waals surface area contributed by atoms with Gasteiger partial charge in [-0.3, -0.25) is 9.69 Å². The zero-order valence-electron chi connectivity index (χ0n) is 17.8. The highest BCUT2D eigenvalue weighted by molar-refractivity contribution is 7.22. The van der Waals surface area contributed by atoms with Crippen molar-refractivity contribution in [1.82, 2.24) is 4.98 Å². The number of carbonyl (C=O) groups is 1. The zero-order chi connectivity index (χ0) is 21.1. The molecule has 6 heteroatoms. The average Bonchev–Trinajstić information content (AvgIpc) is 3.40. The second-order valence-corrected chi connectivity index (χ2v) is 8.75. The Hall–Kier alpha value is -2.44. The predicted molar refractivity (Wildman–Crippen MR) is 122 cm³/mol. The third-order valence-corrected chi connectivity index (χ3v) is 6.65. The van der Waals surface area contributed by atoms with Crippen LogP contribution < -0.4 is 9.64 Å². The number of aromatic nitrogens is 1. The molecule has 30 heavy (non-hydrogen) atoms. The number of anilines is 1. The number of hydrogen-bond donors (Lipinski definition) is 0. The van der Waals surface area contributed by atoms with Crippen LogP contribution in [0, 0.1) is 13.8 Å². The van der Waals surface area contributed by atoms with Crippen molar-refractivity contribution in [2.24, 2.45) is 0 Å². The molecule has 1 amide bonds. The highest BCUT2D eigenvalue weighted by Gasteiger charge is 2.26. The summed E-state index contributed by atoms with van der Waals surface area (Å²) in [7, 11) is 0. The molecule has 0 bridgehead atoms. The lowest BCUT2D eigenvalue weighted by atomic mass is 10.1. The molecular formula is C24H28N2O3S. The Labute approximate surface area is 181 Å². The van der Waals surface area contributed by atoms with Gasteiger partial charge in [0.1, 0.15) is 5.75 Å². The van der Waals surface area contributed by atoms with Crippen molar-refractivity contribution in [3.8, 4) is 5.75 Å². The molecule has 0 N–H and O–H groups in total. The predicted octanol–water partition coefficient (Wildman–Crippen LogP) is 5.07. The summed E-state index contributed by atoms with van der Waals surface area (Å²) in [5.41, 5.74) is 4.34. The first-order valence-corrected chi connectivity index (χ1v) is 11.4. The smallest absolute Gasteiger partial charge is 0.233 e.